The number of aromatic nitrogens is 2. The van der Waals surface area contributed by atoms with Crippen molar-refractivity contribution in [2.75, 3.05) is 38.1 Å². The van der Waals surface area contributed by atoms with Gasteiger partial charge in [0, 0.05) is 19.0 Å². The van der Waals surface area contributed by atoms with Crippen LogP contribution in [0.25, 0.3) is 0 Å². The van der Waals surface area contributed by atoms with E-state index in [0.29, 0.717) is 25.0 Å². The monoisotopic (exact) mass is 259 g/mol. The highest BCUT2D eigenvalue weighted by Crippen LogP contribution is 2.19. The van der Waals surface area contributed by atoms with Crippen molar-refractivity contribution >= 4 is 17.4 Å². The standard InChI is InChI=1S/C11H18ClN3O2/c1-9-10(14-8-15-11(9)16-2)13-5-3-6-17-7-4-12/h8H,3-7H2,1-2H3,(H,13,14,15). The Morgan fingerprint density at radius 2 is 2.18 bits per heavy atom. The Hall–Kier alpha value is -1.07. The van der Waals surface area contributed by atoms with Crippen LogP contribution in [0.4, 0.5) is 5.82 Å². The number of hydrogen-bond acceptors (Lipinski definition) is 5. The highest BCUT2D eigenvalue weighted by atomic mass is 35.5. The molecule has 1 N–H and O–H groups in total. The van der Waals surface area contributed by atoms with Gasteiger partial charge in [-0.2, -0.15) is 0 Å². The van der Waals surface area contributed by atoms with Crippen LogP contribution >= 0.6 is 11.6 Å². The van der Waals surface area contributed by atoms with E-state index in [-0.39, 0.29) is 0 Å². The summed E-state index contributed by atoms with van der Waals surface area (Å²) in [7, 11) is 1.60. The van der Waals surface area contributed by atoms with Crippen molar-refractivity contribution < 1.29 is 9.47 Å². The van der Waals surface area contributed by atoms with Gasteiger partial charge in [-0.3, -0.25) is 0 Å². The van der Waals surface area contributed by atoms with E-state index in [1.165, 1.54) is 6.33 Å². The summed E-state index contributed by atoms with van der Waals surface area (Å²) in [6, 6.07) is 0. The maximum absolute atomic E-state index is 5.49. The van der Waals surface area contributed by atoms with Crippen LogP contribution in [0.5, 0.6) is 5.88 Å². The number of methoxy groups -OCH3 is 1. The predicted octanol–water partition coefficient (Wildman–Crippen LogP) is 1.85. The highest BCUT2D eigenvalue weighted by molar-refractivity contribution is 6.17. The summed E-state index contributed by atoms with van der Waals surface area (Å²) in [5.41, 5.74) is 0.914. The number of halogens is 1. The van der Waals surface area contributed by atoms with E-state index < -0.39 is 0 Å². The van der Waals surface area contributed by atoms with Crippen LogP contribution in [0.15, 0.2) is 6.33 Å². The Morgan fingerprint density at radius 1 is 1.35 bits per heavy atom. The van der Waals surface area contributed by atoms with Crippen molar-refractivity contribution in [1.29, 1.82) is 0 Å². The first kappa shape index (κ1) is 14.0. The molecule has 6 heteroatoms. The first-order chi connectivity index (χ1) is 8.29. The summed E-state index contributed by atoms with van der Waals surface area (Å²) in [5.74, 6) is 1.94. The van der Waals surface area contributed by atoms with Gasteiger partial charge in [-0.15, -0.1) is 11.6 Å². The van der Waals surface area contributed by atoms with Crippen molar-refractivity contribution in [3.63, 3.8) is 0 Å². The van der Waals surface area contributed by atoms with E-state index in [0.717, 1.165) is 24.3 Å². The van der Waals surface area contributed by atoms with Gasteiger partial charge >= 0.3 is 0 Å². The molecule has 1 aromatic rings. The molecule has 1 aromatic heterocycles. The Morgan fingerprint density at radius 3 is 2.88 bits per heavy atom. The number of nitrogens with zero attached hydrogens (tertiary/aromatic N) is 2. The molecule has 0 radical (unpaired) electrons. The van der Waals surface area contributed by atoms with Gasteiger partial charge in [0.1, 0.15) is 12.1 Å². The summed E-state index contributed by atoms with van der Waals surface area (Å²) in [6.07, 6.45) is 2.39. The van der Waals surface area contributed by atoms with E-state index >= 15 is 0 Å². The largest absolute Gasteiger partial charge is 0.481 e. The molecule has 0 unspecified atom stereocenters. The molecule has 0 fully saturated rings. The zero-order chi connectivity index (χ0) is 12.5. The lowest BCUT2D eigenvalue weighted by molar-refractivity contribution is 0.149. The smallest absolute Gasteiger partial charge is 0.221 e. The number of nitrogens with one attached hydrogen (secondary N) is 1. The summed E-state index contributed by atoms with van der Waals surface area (Å²) in [5, 5.41) is 3.22. The lowest BCUT2D eigenvalue weighted by Gasteiger charge is -2.10. The molecule has 0 saturated carbocycles. The highest BCUT2D eigenvalue weighted by Gasteiger charge is 2.05. The Labute approximate surface area is 107 Å². The molecule has 5 nitrogen and oxygen atoms in total. The van der Waals surface area contributed by atoms with Gasteiger partial charge in [0.05, 0.1) is 19.3 Å². The Bertz CT molecular complexity index is 336. The van der Waals surface area contributed by atoms with Crippen LogP contribution in [0.3, 0.4) is 0 Å². The molecule has 0 spiro atoms. The number of anilines is 1. The van der Waals surface area contributed by atoms with Crippen LogP contribution in [0, 0.1) is 6.92 Å². The fraction of sp³-hybridized carbons (Fsp3) is 0.636. The van der Waals surface area contributed by atoms with Crippen LogP contribution in [-0.4, -0.2) is 42.7 Å². The average molecular weight is 260 g/mol. The van der Waals surface area contributed by atoms with Crippen LogP contribution in [-0.2, 0) is 4.74 Å². The van der Waals surface area contributed by atoms with E-state index in [1.807, 2.05) is 6.92 Å². The average Bonchev–Trinajstić information content (AvgIpc) is 2.35. The molecule has 0 saturated heterocycles. The summed E-state index contributed by atoms with van der Waals surface area (Å²) < 4.78 is 10.4. The maximum Gasteiger partial charge on any atom is 0.221 e. The summed E-state index contributed by atoms with van der Waals surface area (Å²) in [4.78, 5) is 8.17. The second-order valence-electron chi connectivity index (χ2n) is 3.44. The minimum absolute atomic E-state index is 0.537. The first-order valence-corrected chi connectivity index (χ1v) is 6.06. The van der Waals surface area contributed by atoms with Crippen molar-refractivity contribution in [2.45, 2.75) is 13.3 Å². The van der Waals surface area contributed by atoms with Gasteiger partial charge in [-0.1, -0.05) is 0 Å². The molecule has 0 aliphatic heterocycles. The third-order valence-corrected chi connectivity index (χ3v) is 2.36. The predicted molar refractivity (Wildman–Crippen MR) is 68.0 cm³/mol. The molecule has 0 aliphatic rings. The molecule has 17 heavy (non-hydrogen) atoms. The molecule has 0 amide bonds. The summed E-state index contributed by atoms with van der Waals surface area (Å²) >= 11 is 5.49. The zero-order valence-electron chi connectivity index (χ0n) is 10.2. The lowest BCUT2D eigenvalue weighted by atomic mass is 10.3. The van der Waals surface area contributed by atoms with Crippen molar-refractivity contribution in [1.82, 2.24) is 9.97 Å². The van der Waals surface area contributed by atoms with Gasteiger partial charge < -0.3 is 14.8 Å². The quantitative estimate of drug-likeness (QED) is 0.570. The first-order valence-electron chi connectivity index (χ1n) is 5.52. The minimum Gasteiger partial charge on any atom is -0.481 e. The Kier molecular flexibility index (Phi) is 6.65. The van der Waals surface area contributed by atoms with Crippen molar-refractivity contribution in [3.05, 3.63) is 11.9 Å². The van der Waals surface area contributed by atoms with Gasteiger partial charge in [0.2, 0.25) is 5.88 Å². The second-order valence-corrected chi connectivity index (χ2v) is 3.82. The zero-order valence-corrected chi connectivity index (χ0v) is 11.0. The lowest BCUT2D eigenvalue weighted by Crippen LogP contribution is -2.09. The van der Waals surface area contributed by atoms with E-state index in [9.17, 15) is 0 Å². The third-order valence-electron chi connectivity index (χ3n) is 2.21. The molecule has 1 heterocycles. The summed E-state index contributed by atoms with van der Waals surface area (Å²) in [6.45, 7) is 4.01. The van der Waals surface area contributed by atoms with Crippen LogP contribution < -0.4 is 10.1 Å². The van der Waals surface area contributed by atoms with Gasteiger partial charge in [0.15, 0.2) is 0 Å². The fourth-order valence-electron chi connectivity index (χ4n) is 1.36. The minimum atomic E-state index is 0.537. The number of ether oxygens (including phenoxy) is 2. The number of alkyl halides is 1. The van der Waals surface area contributed by atoms with Crippen LogP contribution in [0.1, 0.15) is 12.0 Å². The normalized spacial score (nSPS) is 10.3. The molecule has 1 rings (SSSR count). The molecule has 0 aromatic carbocycles. The number of hydrogen-bond donors (Lipinski definition) is 1. The number of rotatable bonds is 8. The molecule has 0 atom stereocenters. The van der Waals surface area contributed by atoms with E-state index in [1.54, 1.807) is 7.11 Å². The molecular formula is C11H18ClN3O2. The molecule has 0 aliphatic carbocycles. The van der Waals surface area contributed by atoms with Gasteiger partial charge in [0.25, 0.3) is 0 Å². The maximum atomic E-state index is 5.49. The topological polar surface area (TPSA) is 56.3 Å². The van der Waals surface area contributed by atoms with E-state index in [2.05, 4.69) is 15.3 Å². The van der Waals surface area contributed by atoms with E-state index in [4.69, 9.17) is 21.1 Å². The fourth-order valence-corrected chi connectivity index (χ4v) is 1.46. The van der Waals surface area contributed by atoms with Crippen molar-refractivity contribution in [2.24, 2.45) is 0 Å². The SMILES string of the molecule is COc1ncnc(NCCCOCCCl)c1C. The molecular weight excluding hydrogens is 242 g/mol. The van der Waals surface area contributed by atoms with Crippen molar-refractivity contribution in [3.8, 4) is 5.88 Å². The molecule has 0 bridgehead atoms. The third kappa shape index (κ3) is 4.75. The molecule has 96 valence electrons. The Balaban J connectivity index is 2.31. The van der Waals surface area contributed by atoms with Crippen LogP contribution in [0.2, 0.25) is 0 Å². The van der Waals surface area contributed by atoms with Gasteiger partial charge in [-0.05, 0) is 13.3 Å². The second kappa shape index (κ2) is 8.08. The van der Waals surface area contributed by atoms with Gasteiger partial charge in [-0.25, -0.2) is 9.97 Å².